The van der Waals surface area contributed by atoms with E-state index in [2.05, 4.69) is 24.1 Å². The summed E-state index contributed by atoms with van der Waals surface area (Å²) in [6.07, 6.45) is 4.98. The molecule has 1 saturated carbocycles. The van der Waals surface area contributed by atoms with Crippen molar-refractivity contribution < 1.29 is 0 Å². The highest BCUT2D eigenvalue weighted by Gasteiger charge is 2.21. The van der Waals surface area contributed by atoms with E-state index >= 15 is 0 Å². The Morgan fingerprint density at radius 2 is 2.16 bits per heavy atom. The smallest absolute Gasteiger partial charge is 0.128 e. The molecule has 106 valence electrons. The fourth-order valence-electron chi connectivity index (χ4n) is 2.09. The SMILES string of the molecule is CCCCN(CC)c1ccc(Cl)c(CNC2CC2)n1. The molecule has 1 fully saturated rings. The van der Waals surface area contributed by atoms with E-state index < -0.39 is 0 Å². The third-order valence-electron chi connectivity index (χ3n) is 3.53. The van der Waals surface area contributed by atoms with Crippen LogP contribution in [0.4, 0.5) is 5.82 Å². The highest BCUT2D eigenvalue weighted by atomic mass is 35.5. The van der Waals surface area contributed by atoms with E-state index in [1.54, 1.807) is 0 Å². The summed E-state index contributed by atoms with van der Waals surface area (Å²) >= 11 is 6.23. The number of nitrogens with one attached hydrogen (secondary N) is 1. The van der Waals surface area contributed by atoms with Crippen LogP contribution in [0.5, 0.6) is 0 Å². The Hall–Kier alpha value is -0.800. The minimum atomic E-state index is 0.684. The molecule has 1 aliphatic carbocycles. The Kier molecular flexibility index (Phi) is 5.46. The fourth-order valence-corrected chi connectivity index (χ4v) is 2.26. The van der Waals surface area contributed by atoms with Crippen LogP contribution in [0.1, 0.15) is 45.2 Å². The van der Waals surface area contributed by atoms with E-state index in [9.17, 15) is 0 Å². The van der Waals surface area contributed by atoms with Gasteiger partial charge in [0.1, 0.15) is 5.82 Å². The van der Waals surface area contributed by atoms with E-state index in [4.69, 9.17) is 16.6 Å². The molecule has 0 unspecified atom stereocenters. The number of aromatic nitrogens is 1. The second kappa shape index (κ2) is 7.11. The first-order valence-electron chi connectivity index (χ1n) is 7.38. The largest absolute Gasteiger partial charge is 0.357 e. The maximum Gasteiger partial charge on any atom is 0.128 e. The first-order chi connectivity index (χ1) is 9.24. The van der Waals surface area contributed by atoms with Gasteiger partial charge in [-0.15, -0.1) is 0 Å². The number of hydrogen-bond acceptors (Lipinski definition) is 3. The van der Waals surface area contributed by atoms with Crippen LogP contribution in [0, 0.1) is 0 Å². The zero-order valence-electron chi connectivity index (χ0n) is 12.0. The first-order valence-corrected chi connectivity index (χ1v) is 7.76. The highest BCUT2D eigenvalue weighted by Crippen LogP contribution is 2.23. The first kappa shape index (κ1) is 14.6. The number of unbranched alkanes of at least 4 members (excludes halogenated alkanes) is 1. The standard InChI is InChI=1S/C15H24ClN3/c1-3-5-10-19(4-2)15-9-8-13(16)14(18-15)11-17-12-6-7-12/h8-9,12,17H,3-7,10-11H2,1-2H3. The molecule has 1 aromatic heterocycles. The molecular formula is C15H24ClN3. The van der Waals surface area contributed by atoms with Crippen molar-refractivity contribution in [3.63, 3.8) is 0 Å². The van der Waals surface area contributed by atoms with Crippen LogP contribution in [0.3, 0.4) is 0 Å². The average molecular weight is 282 g/mol. The minimum Gasteiger partial charge on any atom is -0.357 e. The molecule has 0 saturated heterocycles. The van der Waals surface area contributed by atoms with Gasteiger partial charge in [0.15, 0.2) is 0 Å². The molecule has 1 N–H and O–H groups in total. The number of nitrogens with zero attached hydrogens (tertiary/aromatic N) is 2. The number of hydrogen-bond donors (Lipinski definition) is 1. The van der Waals surface area contributed by atoms with Crippen LogP contribution in [0.25, 0.3) is 0 Å². The molecule has 0 spiro atoms. The molecule has 1 aliphatic rings. The second-order valence-corrected chi connectivity index (χ2v) is 5.59. The van der Waals surface area contributed by atoms with Gasteiger partial charge in [0.05, 0.1) is 10.7 Å². The van der Waals surface area contributed by atoms with Gasteiger partial charge in [-0.05, 0) is 38.3 Å². The minimum absolute atomic E-state index is 0.684. The zero-order valence-corrected chi connectivity index (χ0v) is 12.7. The van der Waals surface area contributed by atoms with Crippen LogP contribution >= 0.6 is 11.6 Å². The van der Waals surface area contributed by atoms with Crippen LogP contribution in [-0.2, 0) is 6.54 Å². The average Bonchev–Trinajstić information content (AvgIpc) is 3.24. The molecule has 2 rings (SSSR count). The molecule has 19 heavy (non-hydrogen) atoms. The van der Waals surface area contributed by atoms with Crippen molar-refractivity contribution in [2.24, 2.45) is 0 Å². The zero-order chi connectivity index (χ0) is 13.7. The van der Waals surface area contributed by atoms with Gasteiger partial charge in [-0.3, -0.25) is 0 Å². The lowest BCUT2D eigenvalue weighted by Crippen LogP contribution is -2.25. The summed E-state index contributed by atoms with van der Waals surface area (Å²) < 4.78 is 0. The van der Waals surface area contributed by atoms with Gasteiger partial charge in [0.2, 0.25) is 0 Å². The van der Waals surface area contributed by atoms with Gasteiger partial charge in [0.25, 0.3) is 0 Å². The normalized spacial score (nSPS) is 14.7. The molecule has 3 nitrogen and oxygen atoms in total. The summed E-state index contributed by atoms with van der Waals surface area (Å²) in [6.45, 7) is 7.23. The summed E-state index contributed by atoms with van der Waals surface area (Å²) in [5.74, 6) is 1.05. The lowest BCUT2D eigenvalue weighted by atomic mass is 10.3. The third-order valence-corrected chi connectivity index (χ3v) is 3.87. The molecule has 0 atom stereocenters. The summed E-state index contributed by atoms with van der Waals surface area (Å²) in [6, 6.07) is 4.69. The number of anilines is 1. The van der Waals surface area contributed by atoms with E-state index in [0.717, 1.165) is 36.2 Å². The molecule has 0 aliphatic heterocycles. The predicted molar refractivity (Wildman–Crippen MR) is 81.9 cm³/mol. The van der Waals surface area contributed by atoms with Crippen molar-refractivity contribution in [3.05, 3.63) is 22.8 Å². The lowest BCUT2D eigenvalue weighted by Gasteiger charge is -2.22. The number of rotatable bonds is 8. The van der Waals surface area contributed by atoms with E-state index in [-0.39, 0.29) is 0 Å². The molecule has 0 aromatic carbocycles. The summed E-state index contributed by atoms with van der Waals surface area (Å²) in [4.78, 5) is 7.05. The van der Waals surface area contributed by atoms with Gasteiger partial charge >= 0.3 is 0 Å². The molecular weight excluding hydrogens is 258 g/mol. The predicted octanol–water partition coefficient (Wildman–Crippen LogP) is 3.61. The second-order valence-electron chi connectivity index (χ2n) is 5.19. The van der Waals surface area contributed by atoms with Gasteiger partial charge < -0.3 is 10.2 Å². The van der Waals surface area contributed by atoms with Crippen LogP contribution in [0.15, 0.2) is 12.1 Å². The maximum absolute atomic E-state index is 6.23. The van der Waals surface area contributed by atoms with Gasteiger partial charge in [-0.25, -0.2) is 4.98 Å². The van der Waals surface area contributed by atoms with Crippen molar-refractivity contribution in [1.82, 2.24) is 10.3 Å². The van der Waals surface area contributed by atoms with Crippen LogP contribution in [0.2, 0.25) is 5.02 Å². The van der Waals surface area contributed by atoms with Crippen molar-refractivity contribution in [2.75, 3.05) is 18.0 Å². The van der Waals surface area contributed by atoms with E-state index in [0.29, 0.717) is 6.04 Å². The summed E-state index contributed by atoms with van der Waals surface area (Å²) in [5, 5.41) is 4.24. The van der Waals surface area contributed by atoms with Crippen molar-refractivity contribution in [1.29, 1.82) is 0 Å². The molecule has 0 radical (unpaired) electrons. The number of pyridine rings is 1. The van der Waals surface area contributed by atoms with Crippen molar-refractivity contribution >= 4 is 17.4 Å². The Labute approximate surface area is 121 Å². The van der Waals surface area contributed by atoms with Crippen LogP contribution in [-0.4, -0.2) is 24.1 Å². The molecule has 4 heteroatoms. The van der Waals surface area contributed by atoms with Gasteiger partial charge in [0, 0.05) is 25.7 Å². The van der Waals surface area contributed by atoms with E-state index in [1.165, 1.54) is 25.7 Å². The third kappa shape index (κ3) is 4.36. The van der Waals surface area contributed by atoms with Crippen molar-refractivity contribution in [2.45, 2.75) is 52.1 Å². The van der Waals surface area contributed by atoms with Crippen LogP contribution < -0.4 is 10.2 Å². The summed E-state index contributed by atoms with van der Waals surface area (Å²) in [7, 11) is 0. The maximum atomic E-state index is 6.23. The Balaban J connectivity index is 2.03. The fraction of sp³-hybridized carbons (Fsp3) is 0.667. The Morgan fingerprint density at radius 3 is 2.79 bits per heavy atom. The quantitative estimate of drug-likeness (QED) is 0.789. The number of halogens is 1. The highest BCUT2D eigenvalue weighted by molar-refractivity contribution is 6.31. The van der Waals surface area contributed by atoms with Gasteiger partial charge in [-0.2, -0.15) is 0 Å². The molecule has 1 heterocycles. The van der Waals surface area contributed by atoms with Gasteiger partial charge in [-0.1, -0.05) is 24.9 Å². The molecule has 1 aromatic rings. The Bertz CT molecular complexity index is 404. The topological polar surface area (TPSA) is 28.2 Å². The molecule has 0 amide bonds. The Morgan fingerprint density at radius 1 is 1.37 bits per heavy atom. The summed E-state index contributed by atoms with van der Waals surface area (Å²) in [5.41, 5.74) is 0.973. The van der Waals surface area contributed by atoms with Crippen molar-refractivity contribution in [3.8, 4) is 0 Å². The van der Waals surface area contributed by atoms with E-state index in [1.807, 2.05) is 12.1 Å². The monoisotopic (exact) mass is 281 g/mol. The molecule has 0 bridgehead atoms. The lowest BCUT2D eigenvalue weighted by molar-refractivity contribution is 0.669.